The van der Waals surface area contributed by atoms with Crippen molar-refractivity contribution in [1.29, 1.82) is 0 Å². The predicted octanol–water partition coefficient (Wildman–Crippen LogP) is 2.07. The van der Waals surface area contributed by atoms with Crippen molar-refractivity contribution >= 4 is 25.2 Å². The van der Waals surface area contributed by atoms with Crippen LogP contribution in [0.3, 0.4) is 0 Å². The first-order valence-electron chi connectivity index (χ1n) is 9.57. The highest BCUT2D eigenvalue weighted by atomic mass is 16.4. The van der Waals surface area contributed by atoms with E-state index in [2.05, 4.69) is 0 Å². The molecule has 4 aromatic rings. The molecule has 0 radical (unpaired) electrons. The Labute approximate surface area is 177 Å². The van der Waals surface area contributed by atoms with E-state index in [9.17, 15) is 0 Å². The van der Waals surface area contributed by atoms with Gasteiger partial charge in [0.05, 0.1) is 0 Å². The molecule has 0 spiro atoms. The molecule has 0 amide bonds. The minimum atomic E-state index is -1.39. The molecule has 0 aromatic heterocycles. The highest BCUT2D eigenvalue weighted by Crippen LogP contribution is 2.17. The molecule has 0 saturated carbocycles. The first-order valence-corrected chi connectivity index (χ1v) is 9.57. The molecule has 4 N–H and O–H groups in total. The van der Waals surface area contributed by atoms with Crippen molar-refractivity contribution in [3.05, 3.63) is 109 Å². The van der Waals surface area contributed by atoms with Crippen molar-refractivity contribution in [1.82, 2.24) is 0 Å². The van der Waals surface area contributed by atoms with Crippen LogP contribution >= 0.6 is 0 Å². The summed E-state index contributed by atoms with van der Waals surface area (Å²) in [5.74, 6) is 0. The molecular formula is C24H22B2O4. The van der Waals surface area contributed by atoms with E-state index in [4.69, 9.17) is 20.1 Å². The first-order chi connectivity index (χ1) is 14.5. The highest BCUT2D eigenvalue weighted by molar-refractivity contribution is 6.58. The van der Waals surface area contributed by atoms with Crippen LogP contribution in [-0.4, -0.2) is 34.3 Å². The zero-order chi connectivity index (χ0) is 21.3. The van der Waals surface area contributed by atoms with Crippen LogP contribution in [0.15, 0.2) is 109 Å². The van der Waals surface area contributed by atoms with E-state index < -0.39 is 14.2 Å². The van der Waals surface area contributed by atoms with Crippen molar-refractivity contribution in [2.24, 2.45) is 0 Å². The number of hydrogen-bond acceptors (Lipinski definition) is 4. The second-order valence-electron chi connectivity index (χ2n) is 6.72. The van der Waals surface area contributed by atoms with Crippen LogP contribution < -0.4 is 10.9 Å². The molecule has 0 saturated heterocycles. The van der Waals surface area contributed by atoms with Crippen molar-refractivity contribution < 1.29 is 20.1 Å². The summed E-state index contributed by atoms with van der Waals surface area (Å²) >= 11 is 0. The summed E-state index contributed by atoms with van der Waals surface area (Å²) in [5, 5.41) is 35.8. The smallest absolute Gasteiger partial charge is 0.423 e. The summed E-state index contributed by atoms with van der Waals surface area (Å²) in [4.78, 5) is 0. The molecule has 148 valence electrons. The minimum absolute atomic E-state index is 0.509. The van der Waals surface area contributed by atoms with Crippen molar-refractivity contribution in [3.8, 4) is 22.3 Å². The van der Waals surface area contributed by atoms with Gasteiger partial charge in [-0.2, -0.15) is 0 Å². The maximum atomic E-state index is 8.94. The summed E-state index contributed by atoms with van der Waals surface area (Å²) < 4.78 is 0. The highest BCUT2D eigenvalue weighted by Gasteiger charge is 2.10. The second-order valence-corrected chi connectivity index (χ2v) is 6.72. The van der Waals surface area contributed by atoms with Crippen LogP contribution in [0.25, 0.3) is 22.3 Å². The van der Waals surface area contributed by atoms with E-state index >= 15 is 0 Å². The lowest BCUT2D eigenvalue weighted by Gasteiger charge is -2.03. The molecule has 6 heteroatoms. The SMILES string of the molecule is OB(O)c1ccc(-c2ccccc2)cc1.OB(O)c1ccc(-c2ccccc2)cc1. The molecule has 4 nitrogen and oxygen atoms in total. The Morgan fingerprint density at radius 2 is 0.600 bits per heavy atom. The van der Waals surface area contributed by atoms with E-state index in [1.807, 2.05) is 84.9 Å². The third-order valence-electron chi connectivity index (χ3n) is 4.63. The number of benzene rings is 4. The molecule has 0 aliphatic heterocycles. The van der Waals surface area contributed by atoms with Gasteiger partial charge < -0.3 is 20.1 Å². The van der Waals surface area contributed by atoms with E-state index in [0.717, 1.165) is 22.3 Å². The zero-order valence-electron chi connectivity index (χ0n) is 16.3. The average Bonchev–Trinajstić information content (AvgIpc) is 2.81. The summed E-state index contributed by atoms with van der Waals surface area (Å²) in [6, 6.07) is 34.3. The van der Waals surface area contributed by atoms with Gasteiger partial charge in [-0.3, -0.25) is 0 Å². The zero-order valence-corrected chi connectivity index (χ0v) is 16.3. The summed E-state index contributed by atoms with van der Waals surface area (Å²) in [6.07, 6.45) is 0. The summed E-state index contributed by atoms with van der Waals surface area (Å²) in [7, 11) is -2.79. The van der Waals surface area contributed by atoms with Crippen molar-refractivity contribution in [2.75, 3.05) is 0 Å². The Balaban J connectivity index is 0.000000171. The van der Waals surface area contributed by atoms with Gasteiger partial charge in [-0.15, -0.1) is 0 Å². The average molecular weight is 396 g/mol. The molecule has 0 aliphatic carbocycles. The third-order valence-corrected chi connectivity index (χ3v) is 4.63. The van der Waals surface area contributed by atoms with Crippen LogP contribution in [0, 0.1) is 0 Å². The Morgan fingerprint density at radius 3 is 0.867 bits per heavy atom. The van der Waals surface area contributed by atoms with Crippen molar-refractivity contribution in [2.45, 2.75) is 0 Å². The van der Waals surface area contributed by atoms with Gasteiger partial charge in [-0.1, -0.05) is 109 Å². The van der Waals surface area contributed by atoms with E-state index in [-0.39, 0.29) is 0 Å². The molecule has 4 rings (SSSR count). The molecule has 0 bridgehead atoms. The molecule has 0 fully saturated rings. The molecule has 0 heterocycles. The summed E-state index contributed by atoms with van der Waals surface area (Å²) in [5.41, 5.74) is 5.40. The number of rotatable bonds is 4. The van der Waals surface area contributed by atoms with Crippen molar-refractivity contribution in [3.63, 3.8) is 0 Å². The molecule has 0 aliphatic rings. The molecule has 30 heavy (non-hydrogen) atoms. The first kappa shape index (κ1) is 21.6. The monoisotopic (exact) mass is 396 g/mol. The lowest BCUT2D eigenvalue weighted by atomic mass is 9.80. The van der Waals surface area contributed by atoms with Gasteiger partial charge in [0, 0.05) is 0 Å². The molecule has 4 aromatic carbocycles. The Kier molecular flexibility index (Phi) is 7.60. The largest absolute Gasteiger partial charge is 0.488 e. The fourth-order valence-corrected chi connectivity index (χ4v) is 2.96. The lowest BCUT2D eigenvalue weighted by Crippen LogP contribution is -2.29. The van der Waals surface area contributed by atoms with Gasteiger partial charge in [0.1, 0.15) is 0 Å². The molecule has 0 atom stereocenters. The second kappa shape index (κ2) is 10.6. The predicted molar refractivity (Wildman–Crippen MR) is 123 cm³/mol. The maximum Gasteiger partial charge on any atom is 0.488 e. The van der Waals surface area contributed by atoms with Gasteiger partial charge in [0.25, 0.3) is 0 Å². The van der Waals surface area contributed by atoms with E-state index in [0.29, 0.717) is 10.9 Å². The quantitative estimate of drug-likeness (QED) is 0.399. The van der Waals surface area contributed by atoms with E-state index in [1.165, 1.54) is 0 Å². The fourth-order valence-electron chi connectivity index (χ4n) is 2.96. The maximum absolute atomic E-state index is 8.94. The molecular weight excluding hydrogens is 374 g/mol. The molecule has 0 unspecified atom stereocenters. The normalized spacial score (nSPS) is 10.0. The van der Waals surface area contributed by atoms with Crippen LogP contribution in [0.5, 0.6) is 0 Å². The summed E-state index contributed by atoms with van der Waals surface area (Å²) in [6.45, 7) is 0. The van der Waals surface area contributed by atoms with Crippen LogP contribution in [0.4, 0.5) is 0 Å². The Morgan fingerprint density at radius 1 is 0.333 bits per heavy atom. The van der Waals surface area contributed by atoms with Gasteiger partial charge in [-0.05, 0) is 33.2 Å². The van der Waals surface area contributed by atoms with E-state index in [1.54, 1.807) is 24.3 Å². The lowest BCUT2D eigenvalue weighted by molar-refractivity contribution is 0.424. The van der Waals surface area contributed by atoms with Gasteiger partial charge in [0.15, 0.2) is 0 Å². The Bertz CT molecular complexity index is 933. The fraction of sp³-hybridized carbons (Fsp3) is 0. The van der Waals surface area contributed by atoms with Crippen LogP contribution in [0.2, 0.25) is 0 Å². The minimum Gasteiger partial charge on any atom is -0.423 e. The number of hydrogen-bond donors (Lipinski definition) is 4. The van der Waals surface area contributed by atoms with Crippen LogP contribution in [0.1, 0.15) is 0 Å². The van der Waals surface area contributed by atoms with Gasteiger partial charge in [0.2, 0.25) is 0 Å². The van der Waals surface area contributed by atoms with Gasteiger partial charge >= 0.3 is 14.2 Å². The standard InChI is InChI=1S/2C12H11BO2/c2*14-13(15)12-8-6-11(7-9-12)10-4-2-1-3-5-10/h2*1-9,14-15H. The topological polar surface area (TPSA) is 80.9 Å². The van der Waals surface area contributed by atoms with Crippen LogP contribution in [-0.2, 0) is 0 Å². The third kappa shape index (κ3) is 5.92. The Hall–Kier alpha value is -3.15. The van der Waals surface area contributed by atoms with Gasteiger partial charge in [-0.25, -0.2) is 0 Å².